The molecule has 3 unspecified atom stereocenters. The average molecular weight is 304 g/mol. The van der Waals surface area contributed by atoms with Crippen LogP contribution >= 0.6 is 7.92 Å². The highest BCUT2D eigenvalue weighted by Crippen LogP contribution is 2.80. The molecule has 0 amide bonds. The Labute approximate surface area is 134 Å². The number of hydrogen-bond donors (Lipinski definition) is 0. The highest BCUT2D eigenvalue weighted by atomic mass is 31.1. The smallest absolute Gasteiger partial charge is 0.00109 e. The number of hydrogen-bond acceptors (Lipinski definition) is 0. The summed E-state index contributed by atoms with van der Waals surface area (Å²) in [4.78, 5) is 0. The Bertz CT molecular complexity index is 681. The van der Waals surface area contributed by atoms with Gasteiger partial charge in [0.1, 0.15) is 0 Å². The molecule has 2 aromatic carbocycles. The maximum atomic E-state index is 2.54. The fourth-order valence-electron chi connectivity index (χ4n) is 5.28. The van der Waals surface area contributed by atoms with Gasteiger partial charge in [-0.1, -0.05) is 79.7 Å². The minimum absolute atomic E-state index is 0.235. The van der Waals surface area contributed by atoms with E-state index in [1.165, 1.54) is 6.42 Å². The van der Waals surface area contributed by atoms with Gasteiger partial charge in [0, 0.05) is 5.41 Å². The molecule has 1 spiro atoms. The highest BCUT2D eigenvalue weighted by Gasteiger charge is 2.74. The Hall–Kier alpha value is -1.39. The van der Waals surface area contributed by atoms with E-state index in [2.05, 4.69) is 79.7 Å². The molecule has 0 nitrogen and oxygen atoms in total. The van der Waals surface area contributed by atoms with E-state index < -0.39 is 0 Å². The zero-order chi connectivity index (χ0) is 14.7. The molecule has 5 rings (SSSR count). The van der Waals surface area contributed by atoms with Crippen LogP contribution in [0.1, 0.15) is 13.3 Å². The molecular weight excluding hydrogens is 283 g/mol. The standard InChI is InChI=1S/C21H21P/c1-15-20-19(14-16-12-13-21(15,16)20)22(17-8-4-2-5-9-17)18-10-6-3-7-11-18/h2-13,15-16,19-20H,14H2,1H3/t15-,16?,19-,20?,21?/m0/s1. The van der Waals surface area contributed by atoms with E-state index in [4.69, 9.17) is 0 Å². The molecule has 110 valence electrons. The maximum absolute atomic E-state index is 2.54. The third-order valence-corrected chi connectivity index (χ3v) is 9.27. The predicted octanol–water partition coefficient (Wildman–Crippen LogP) is 4.33. The monoisotopic (exact) mass is 304 g/mol. The molecule has 22 heavy (non-hydrogen) atoms. The van der Waals surface area contributed by atoms with Gasteiger partial charge < -0.3 is 0 Å². The molecule has 0 bridgehead atoms. The van der Waals surface area contributed by atoms with E-state index in [1.54, 1.807) is 10.6 Å². The van der Waals surface area contributed by atoms with Crippen LogP contribution in [0.2, 0.25) is 0 Å². The summed E-state index contributed by atoms with van der Waals surface area (Å²) in [6, 6.07) is 22.5. The molecule has 0 aliphatic heterocycles. The normalized spacial score (nSPS) is 37.5. The van der Waals surface area contributed by atoms with Gasteiger partial charge in [0.15, 0.2) is 0 Å². The fraction of sp³-hybridized carbons (Fsp3) is 0.333. The second-order valence-electron chi connectivity index (χ2n) is 7.12. The fourth-order valence-corrected chi connectivity index (χ4v) is 8.61. The lowest BCUT2D eigenvalue weighted by Gasteiger charge is -2.30. The van der Waals surface area contributed by atoms with Gasteiger partial charge in [0.05, 0.1) is 0 Å². The van der Waals surface area contributed by atoms with Crippen LogP contribution in [0, 0.1) is 23.2 Å². The highest BCUT2D eigenvalue weighted by molar-refractivity contribution is 7.73. The van der Waals surface area contributed by atoms with Crippen LogP contribution in [0.15, 0.2) is 72.8 Å². The first-order valence-corrected chi connectivity index (χ1v) is 9.82. The summed E-state index contributed by atoms with van der Waals surface area (Å²) < 4.78 is 0. The quantitative estimate of drug-likeness (QED) is 0.585. The van der Waals surface area contributed by atoms with Crippen LogP contribution in [0.4, 0.5) is 0 Å². The van der Waals surface area contributed by atoms with E-state index in [1.807, 2.05) is 0 Å². The summed E-state index contributed by atoms with van der Waals surface area (Å²) in [6.45, 7) is 2.48. The molecule has 5 atom stereocenters. The Morgan fingerprint density at radius 3 is 1.91 bits per heavy atom. The van der Waals surface area contributed by atoms with Gasteiger partial charge in [-0.3, -0.25) is 0 Å². The van der Waals surface area contributed by atoms with Crippen molar-refractivity contribution in [3.63, 3.8) is 0 Å². The van der Waals surface area contributed by atoms with Gasteiger partial charge in [0.25, 0.3) is 0 Å². The minimum Gasteiger partial charge on any atom is -0.0839 e. The Morgan fingerprint density at radius 2 is 1.50 bits per heavy atom. The van der Waals surface area contributed by atoms with Crippen molar-refractivity contribution in [3.05, 3.63) is 72.8 Å². The average Bonchev–Trinajstić information content (AvgIpc) is 3.12. The number of allylic oxidation sites excluding steroid dienone is 2. The predicted molar refractivity (Wildman–Crippen MR) is 95.2 cm³/mol. The first-order chi connectivity index (χ1) is 10.8. The third-order valence-electron chi connectivity index (χ3n) is 6.37. The zero-order valence-electron chi connectivity index (χ0n) is 12.9. The number of benzene rings is 2. The van der Waals surface area contributed by atoms with Gasteiger partial charge in [-0.2, -0.15) is 0 Å². The van der Waals surface area contributed by atoms with Crippen molar-refractivity contribution in [1.82, 2.24) is 0 Å². The van der Waals surface area contributed by atoms with Crippen LogP contribution in [0.25, 0.3) is 0 Å². The molecule has 1 heteroatoms. The molecule has 0 N–H and O–H groups in total. The third kappa shape index (κ3) is 1.57. The van der Waals surface area contributed by atoms with Crippen molar-refractivity contribution in [2.45, 2.75) is 19.0 Å². The van der Waals surface area contributed by atoms with E-state index >= 15 is 0 Å². The second-order valence-corrected chi connectivity index (χ2v) is 9.56. The molecule has 2 aromatic rings. The maximum Gasteiger partial charge on any atom is 0.00109 e. The zero-order valence-corrected chi connectivity index (χ0v) is 13.8. The van der Waals surface area contributed by atoms with Crippen molar-refractivity contribution in [1.29, 1.82) is 0 Å². The molecule has 0 saturated heterocycles. The minimum atomic E-state index is -0.235. The van der Waals surface area contributed by atoms with Gasteiger partial charge in [-0.15, -0.1) is 0 Å². The topological polar surface area (TPSA) is 0 Å². The van der Waals surface area contributed by atoms with E-state index in [0.29, 0.717) is 5.41 Å². The molecule has 3 aliphatic carbocycles. The summed E-state index contributed by atoms with van der Waals surface area (Å²) in [7, 11) is -0.235. The van der Waals surface area contributed by atoms with E-state index in [-0.39, 0.29) is 7.92 Å². The van der Waals surface area contributed by atoms with Crippen molar-refractivity contribution >= 4 is 18.5 Å². The molecule has 3 aliphatic rings. The molecule has 2 saturated carbocycles. The van der Waals surface area contributed by atoms with Crippen LogP contribution < -0.4 is 10.6 Å². The van der Waals surface area contributed by atoms with Crippen LogP contribution in [0.3, 0.4) is 0 Å². The lowest BCUT2D eigenvalue weighted by molar-refractivity contribution is 0.393. The van der Waals surface area contributed by atoms with Gasteiger partial charge in [0.2, 0.25) is 0 Å². The Kier molecular flexibility index (Phi) is 2.71. The SMILES string of the molecule is C[C@H]1C2[C@@H](P(c3ccccc3)c3ccccc3)CC3C=CC321. The largest absolute Gasteiger partial charge is 0.0839 e. The Morgan fingerprint density at radius 1 is 0.909 bits per heavy atom. The van der Waals surface area contributed by atoms with Crippen molar-refractivity contribution < 1.29 is 0 Å². The first-order valence-electron chi connectivity index (χ1n) is 8.41. The summed E-state index contributed by atoms with van der Waals surface area (Å²) in [6.07, 6.45) is 6.43. The van der Waals surface area contributed by atoms with Crippen molar-refractivity contribution in [2.24, 2.45) is 23.2 Å². The van der Waals surface area contributed by atoms with Gasteiger partial charge in [-0.25, -0.2) is 0 Å². The van der Waals surface area contributed by atoms with Crippen molar-refractivity contribution in [2.75, 3.05) is 0 Å². The second kappa shape index (κ2) is 4.56. The summed E-state index contributed by atoms with van der Waals surface area (Å²) in [5.74, 6) is 2.70. The molecule has 0 aromatic heterocycles. The van der Waals surface area contributed by atoms with Gasteiger partial charge >= 0.3 is 0 Å². The van der Waals surface area contributed by atoms with E-state index in [0.717, 1.165) is 23.4 Å². The lowest BCUT2D eigenvalue weighted by Crippen LogP contribution is -2.24. The number of rotatable bonds is 3. The van der Waals surface area contributed by atoms with Gasteiger partial charge in [-0.05, 0) is 48.4 Å². The van der Waals surface area contributed by atoms with Crippen LogP contribution in [-0.2, 0) is 0 Å². The van der Waals surface area contributed by atoms with E-state index in [9.17, 15) is 0 Å². The summed E-state index contributed by atoms with van der Waals surface area (Å²) in [5, 5.41) is 3.12. The summed E-state index contributed by atoms with van der Waals surface area (Å²) in [5.41, 5.74) is 1.46. The lowest BCUT2D eigenvalue weighted by atomic mass is 9.78. The van der Waals surface area contributed by atoms with Crippen LogP contribution in [-0.4, -0.2) is 5.66 Å². The molecule has 0 radical (unpaired) electrons. The molecule has 0 heterocycles. The van der Waals surface area contributed by atoms with Crippen LogP contribution in [0.5, 0.6) is 0 Å². The Balaban J connectivity index is 1.58. The summed E-state index contributed by atoms with van der Waals surface area (Å²) >= 11 is 0. The molecule has 2 fully saturated rings. The van der Waals surface area contributed by atoms with Crippen molar-refractivity contribution in [3.8, 4) is 0 Å². The molecular formula is C21H21P. The first kappa shape index (κ1) is 13.1.